The van der Waals surface area contributed by atoms with Gasteiger partial charge < -0.3 is 18.9 Å². The van der Waals surface area contributed by atoms with Crippen molar-refractivity contribution in [2.24, 2.45) is 29.1 Å². The van der Waals surface area contributed by atoms with E-state index in [2.05, 4.69) is 13.8 Å². The Morgan fingerprint density at radius 2 is 1.68 bits per heavy atom. The van der Waals surface area contributed by atoms with E-state index < -0.39 is 11.2 Å². The summed E-state index contributed by atoms with van der Waals surface area (Å²) in [7, 11) is 1.41. The first kappa shape index (κ1) is 29.1. The van der Waals surface area contributed by atoms with Crippen LogP contribution in [-0.4, -0.2) is 43.7 Å². The first-order chi connectivity index (χ1) is 15.9. The fourth-order valence-corrected chi connectivity index (χ4v) is 5.85. The summed E-state index contributed by atoms with van der Waals surface area (Å²) in [5.41, 5.74) is -0.438. The van der Waals surface area contributed by atoms with Crippen LogP contribution in [0.5, 0.6) is 0 Å². The van der Waals surface area contributed by atoms with E-state index >= 15 is 0 Å². The summed E-state index contributed by atoms with van der Waals surface area (Å²) in [5.74, 6) is 1.03. The molecule has 1 aliphatic carbocycles. The molecule has 6 nitrogen and oxygen atoms in total. The maximum Gasteiger partial charge on any atom is 0.311 e. The smallest absolute Gasteiger partial charge is 0.311 e. The third kappa shape index (κ3) is 8.22. The molecule has 6 atom stereocenters. The highest BCUT2D eigenvalue weighted by atomic mass is 16.7. The highest BCUT2D eigenvalue weighted by Crippen LogP contribution is 2.44. The maximum atomic E-state index is 12.7. The summed E-state index contributed by atoms with van der Waals surface area (Å²) < 4.78 is 23.0. The molecule has 1 saturated carbocycles. The average Bonchev–Trinajstić information content (AvgIpc) is 2.76. The van der Waals surface area contributed by atoms with Crippen molar-refractivity contribution in [3.63, 3.8) is 0 Å². The lowest BCUT2D eigenvalue weighted by Gasteiger charge is -2.44. The van der Waals surface area contributed by atoms with Crippen LogP contribution in [0.15, 0.2) is 0 Å². The molecule has 0 N–H and O–H groups in total. The Labute approximate surface area is 207 Å². The molecule has 1 aliphatic heterocycles. The molecule has 0 aromatic rings. The topological polar surface area (TPSA) is 71.1 Å². The Morgan fingerprint density at radius 1 is 1.00 bits per heavy atom. The molecule has 0 aromatic carbocycles. The zero-order valence-electron chi connectivity index (χ0n) is 23.0. The standard InChI is InChI=1S/C28H50O6/c1-9-11-20-13-12-19(3)23(24(20)18-32-26(30)27(4,5)10-2)15-14-21-16-22(17-25(29)31-8)34-28(6,7)33-21/h19-24H,9-18H2,1-8H3/t19-,20+,21-,22?,23-,24-/m0/s1. The summed E-state index contributed by atoms with van der Waals surface area (Å²) in [6, 6.07) is 0. The Hall–Kier alpha value is -1.14. The molecule has 198 valence electrons. The lowest BCUT2D eigenvalue weighted by molar-refractivity contribution is -0.301. The number of hydrogen-bond donors (Lipinski definition) is 0. The molecule has 1 heterocycles. The number of ether oxygens (including phenoxy) is 4. The van der Waals surface area contributed by atoms with Crippen molar-refractivity contribution in [3.05, 3.63) is 0 Å². The van der Waals surface area contributed by atoms with Crippen molar-refractivity contribution >= 4 is 11.9 Å². The van der Waals surface area contributed by atoms with E-state index in [1.54, 1.807) is 0 Å². The molecule has 2 fully saturated rings. The first-order valence-corrected chi connectivity index (χ1v) is 13.5. The van der Waals surface area contributed by atoms with Gasteiger partial charge in [-0.15, -0.1) is 0 Å². The number of carbonyl (C=O) groups is 2. The minimum absolute atomic E-state index is 0.0411. The molecule has 1 unspecified atom stereocenters. The Bertz CT molecular complexity index is 657. The van der Waals surface area contributed by atoms with Gasteiger partial charge >= 0.3 is 11.9 Å². The minimum atomic E-state index is -0.717. The summed E-state index contributed by atoms with van der Waals surface area (Å²) in [6.07, 6.45) is 8.32. The fraction of sp³-hybridized carbons (Fsp3) is 0.929. The predicted octanol–water partition coefficient (Wildman–Crippen LogP) is 6.30. The van der Waals surface area contributed by atoms with E-state index in [-0.39, 0.29) is 30.6 Å². The molecule has 2 aliphatic rings. The molecule has 34 heavy (non-hydrogen) atoms. The van der Waals surface area contributed by atoms with Crippen LogP contribution in [0.2, 0.25) is 0 Å². The van der Waals surface area contributed by atoms with Crippen LogP contribution < -0.4 is 0 Å². The van der Waals surface area contributed by atoms with Crippen molar-refractivity contribution in [2.75, 3.05) is 13.7 Å². The lowest BCUT2D eigenvalue weighted by atomic mass is 9.64. The van der Waals surface area contributed by atoms with Gasteiger partial charge in [-0.05, 0) is 77.0 Å². The summed E-state index contributed by atoms with van der Waals surface area (Å²) in [5, 5.41) is 0. The van der Waals surface area contributed by atoms with E-state index in [9.17, 15) is 9.59 Å². The van der Waals surface area contributed by atoms with Gasteiger partial charge in [0.2, 0.25) is 0 Å². The summed E-state index contributed by atoms with van der Waals surface area (Å²) in [6.45, 7) is 14.9. The van der Waals surface area contributed by atoms with Gasteiger partial charge in [0.05, 0.1) is 37.8 Å². The fourth-order valence-electron chi connectivity index (χ4n) is 5.85. The summed E-state index contributed by atoms with van der Waals surface area (Å²) >= 11 is 0. The second-order valence-electron chi connectivity index (χ2n) is 11.7. The number of hydrogen-bond acceptors (Lipinski definition) is 6. The average molecular weight is 483 g/mol. The maximum absolute atomic E-state index is 12.7. The number of esters is 2. The second-order valence-corrected chi connectivity index (χ2v) is 11.7. The van der Waals surface area contributed by atoms with E-state index in [4.69, 9.17) is 18.9 Å². The van der Waals surface area contributed by atoms with Gasteiger partial charge in [-0.1, -0.05) is 40.0 Å². The molecule has 0 spiro atoms. The minimum Gasteiger partial charge on any atom is -0.469 e. The normalized spacial score (nSPS) is 31.6. The largest absolute Gasteiger partial charge is 0.469 e. The van der Waals surface area contributed by atoms with Crippen molar-refractivity contribution in [2.45, 2.75) is 124 Å². The first-order valence-electron chi connectivity index (χ1n) is 13.5. The zero-order chi connectivity index (χ0) is 25.5. The van der Waals surface area contributed by atoms with E-state index in [1.165, 1.54) is 26.4 Å². The number of carbonyl (C=O) groups excluding carboxylic acids is 2. The SMILES string of the molecule is CCC[C@@H]1CC[C@H](C)[C@H](CC[C@H]2CC(CC(=O)OC)OC(C)(C)O2)[C@H]1COC(=O)C(C)(C)CC. The lowest BCUT2D eigenvalue weighted by Crippen LogP contribution is -2.46. The quantitative estimate of drug-likeness (QED) is 0.322. The molecular formula is C28H50O6. The molecule has 1 saturated heterocycles. The van der Waals surface area contributed by atoms with Gasteiger partial charge in [0.25, 0.3) is 0 Å². The number of rotatable bonds is 11. The second kappa shape index (κ2) is 12.7. The highest BCUT2D eigenvalue weighted by Gasteiger charge is 2.41. The van der Waals surface area contributed by atoms with Gasteiger partial charge in [0.1, 0.15) is 0 Å². The van der Waals surface area contributed by atoms with Gasteiger partial charge in [0.15, 0.2) is 5.79 Å². The van der Waals surface area contributed by atoms with E-state index in [0.29, 0.717) is 36.7 Å². The third-order valence-corrected chi connectivity index (χ3v) is 8.25. The van der Waals surface area contributed by atoms with Crippen LogP contribution in [0.25, 0.3) is 0 Å². The Balaban J connectivity index is 2.08. The van der Waals surface area contributed by atoms with E-state index in [0.717, 1.165) is 25.7 Å². The third-order valence-electron chi connectivity index (χ3n) is 8.25. The van der Waals surface area contributed by atoms with Gasteiger partial charge in [0, 0.05) is 6.42 Å². The van der Waals surface area contributed by atoms with Crippen molar-refractivity contribution in [1.82, 2.24) is 0 Å². The molecule has 6 heteroatoms. The van der Waals surface area contributed by atoms with Crippen molar-refractivity contribution in [1.29, 1.82) is 0 Å². The van der Waals surface area contributed by atoms with Crippen LogP contribution >= 0.6 is 0 Å². The van der Waals surface area contributed by atoms with Crippen LogP contribution in [0.3, 0.4) is 0 Å². The molecular weight excluding hydrogens is 432 g/mol. The van der Waals surface area contributed by atoms with Crippen LogP contribution in [-0.2, 0) is 28.5 Å². The van der Waals surface area contributed by atoms with Crippen LogP contribution in [0, 0.1) is 29.1 Å². The number of methoxy groups -OCH3 is 1. The van der Waals surface area contributed by atoms with E-state index in [1.807, 2.05) is 34.6 Å². The van der Waals surface area contributed by atoms with Gasteiger partial charge in [-0.2, -0.15) is 0 Å². The van der Waals surface area contributed by atoms with Gasteiger partial charge in [-0.3, -0.25) is 9.59 Å². The Morgan fingerprint density at radius 3 is 2.29 bits per heavy atom. The van der Waals surface area contributed by atoms with Crippen molar-refractivity contribution < 1.29 is 28.5 Å². The molecule has 0 radical (unpaired) electrons. The molecule has 0 bridgehead atoms. The summed E-state index contributed by atoms with van der Waals surface area (Å²) in [4.78, 5) is 24.5. The highest BCUT2D eigenvalue weighted by molar-refractivity contribution is 5.75. The Kier molecular flexibility index (Phi) is 10.9. The van der Waals surface area contributed by atoms with Crippen LogP contribution in [0.4, 0.5) is 0 Å². The van der Waals surface area contributed by atoms with Gasteiger partial charge in [-0.25, -0.2) is 0 Å². The molecule has 0 amide bonds. The monoisotopic (exact) mass is 482 g/mol. The molecule has 2 rings (SSSR count). The molecule has 0 aromatic heterocycles. The van der Waals surface area contributed by atoms with Crippen molar-refractivity contribution in [3.8, 4) is 0 Å². The zero-order valence-corrected chi connectivity index (χ0v) is 23.0. The van der Waals surface area contributed by atoms with Crippen LogP contribution in [0.1, 0.15) is 106 Å². The predicted molar refractivity (Wildman–Crippen MR) is 133 cm³/mol.